The van der Waals surface area contributed by atoms with Gasteiger partial charge in [0.1, 0.15) is 0 Å². The summed E-state index contributed by atoms with van der Waals surface area (Å²) in [6.07, 6.45) is 1.65. The molecule has 1 fully saturated rings. The molecule has 4 heteroatoms. The molecule has 4 nitrogen and oxygen atoms in total. The van der Waals surface area contributed by atoms with Crippen LogP contribution in [-0.2, 0) is 9.53 Å². The number of carbonyl (C=O) groups is 1. The third-order valence-corrected chi connectivity index (χ3v) is 2.62. The molecular formula is C10H20N2O2. The van der Waals surface area contributed by atoms with Crippen molar-refractivity contribution < 1.29 is 9.53 Å². The molecule has 1 aliphatic rings. The lowest BCUT2D eigenvalue weighted by atomic mass is 10.1. The van der Waals surface area contributed by atoms with Crippen LogP contribution in [0.5, 0.6) is 0 Å². The normalized spacial score (nSPS) is 18.4. The van der Waals surface area contributed by atoms with Crippen molar-refractivity contribution in [3.8, 4) is 0 Å². The van der Waals surface area contributed by atoms with Crippen molar-refractivity contribution in [3.05, 3.63) is 0 Å². The SMILES string of the molecule is COC(C)(C)CN(C)N1CCCC1=O. The molecule has 0 N–H and O–H groups in total. The number of rotatable bonds is 4. The van der Waals surface area contributed by atoms with Crippen molar-refractivity contribution in [2.45, 2.75) is 32.3 Å². The largest absolute Gasteiger partial charge is 0.377 e. The van der Waals surface area contributed by atoms with E-state index in [1.54, 1.807) is 12.1 Å². The van der Waals surface area contributed by atoms with Crippen molar-refractivity contribution in [3.63, 3.8) is 0 Å². The number of likely N-dealkylation sites (N-methyl/N-ethyl adjacent to an activating group) is 1. The number of hydrogen-bond donors (Lipinski definition) is 0. The number of nitrogens with zero attached hydrogens (tertiary/aromatic N) is 2. The van der Waals surface area contributed by atoms with E-state index < -0.39 is 0 Å². The number of hydrogen-bond acceptors (Lipinski definition) is 3. The van der Waals surface area contributed by atoms with Crippen molar-refractivity contribution in [2.75, 3.05) is 27.2 Å². The minimum atomic E-state index is -0.211. The second-order valence-electron chi connectivity index (χ2n) is 4.40. The average molecular weight is 200 g/mol. The summed E-state index contributed by atoms with van der Waals surface area (Å²) in [7, 11) is 3.63. The molecule has 0 spiro atoms. The Hall–Kier alpha value is -0.610. The molecule has 82 valence electrons. The lowest BCUT2D eigenvalue weighted by molar-refractivity contribution is -0.145. The molecule has 14 heavy (non-hydrogen) atoms. The quantitative estimate of drug-likeness (QED) is 0.675. The van der Waals surface area contributed by atoms with Gasteiger partial charge >= 0.3 is 0 Å². The standard InChI is InChI=1S/C10H20N2O2/c1-10(2,14-4)8-11(3)12-7-5-6-9(12)13/h5-8H2,1-4H3. The molecule has 1 aliphatic heterocycles. The summed E-state index contributed by atoms with van der Waals surface area (Å²) in [4.78, 5) is 11.4. The summed E-state index contributed by atoms with van der Waals surface area (Å²) in [5, 5.41) is 3.76. The Morgan fingerprint density at radius 2 is 2.21 bits per heavy atom. The predicted molar refractivity (Wildman–Crippen MR) is 54.7 cm³/mol. The van der Waals surface area contributed by atoms with Crippen LogP contribution in [0.1, 0.15) is 26.7 Å². The van der Waals surface area contributed by atoms with Crippen molar-refractivity contribution in [2.24, 2.45) is 0 Å². The summed E-state index contributed by atoms with van der Waals surface area (Å²) in [5.74, 6) is 0.222. The molecule has 0 atom stereocenters. The van der Waals surface area contributed by atoms with Crippen molar-refractivity contribution in [1.29, 1.82) is 0 Å². The van der Waals surface area contributed by atoms with Crippen LogP contribution in [0.3, 0.4) is 0 Å². The molecule has 1 heterocycles. The maximum absolute atomic E-state index is 11.4. The first-order chi connectivity index (χ1) is 6.46. The number of hydrazine groups is 1. The highest BCUT2D eigenvalue weighted by molar-refractivity contribution is 5.77. The van der Waals surface area contributed by atoms with Gasteiger partial charge in [-0.1, -0.05) is 0 Å². The Labute approximate surface area is 85.8 Å². The zero-order valence-corrected chi connectivity index (χ0v) is 9.54. The predicted octanol–water partition coefficient (Wildman–Crippen LogP) is 0.881. The smallest absolute Gasteiger partial charge is 0.236 e. The fourth-order valence-corrected chi connectivity index (χ4v) is 1.70. The first kappa shape index (κ1) is 11.5. The Balaban J connectivity index is 2.49. The zero-order chi connectivity index (χ0) is 10.8. The second-order valence-corrected chi connectivity index (χ2v) is 4.40. The number of amides is 1. The lowest BCUT2D eigenvalue weighted by Crippen LogP contribution is -2.48. The van der Waals surface area contributed by atoms with Gasteiger partial charge in [-0.25, -0.2) is 5.01 Å². The van der Waals surface area contributed by atoms with Crippen molar-refractivity contribution >= 4 is 5.91 Å². The van der Waals surface area contributed by atoms with Gasteiger partial charge in [0.15, 0.2) is 0 Å². The van der Waals surface area contributed by atoms with Gasteiger partial charge in [0.05, 0.1) is 5.60 Å². The average Bonchev–Trinajstić information content (AvgIpc) is 2.51. The van der Waals surface area contributed by atoms with E-state index in [-0.39, 0.29) is 11.5 Å². The second kappa shape index (κ2) is 4.28. The molecule has 0 saturated carbocycles. The summed E-state index contributed by atoms with van der Waals surface area (Å²) < 4.78 is 5.32. The number of methoxy groups -OCH3 is 1. The van der Waals surface area contributed by atoms with Crippen LogP contribution in [0.15, 0.2) is 0 Å². The fourth-order valence-electron chi connectivity index (χ4n) is 1.70. The first-order valence-electron chi connectivity index (χ1n) is 5.03. The molecule has 1 rings (SSSR count). The molecule has 0 aliphatic carbocycles. The van der Waals surface area contributed by atoms with Crippen LogP contribution in [-0.4, -0.2) is 48.8 Å². The molecule has 0 unspecified atom stereocenters. The number of carbonyl (C=O) groups excluding carboxylic acids is 1. The zero-order valence-electron chi connectivity index (χ0n) is 9.54. The van der Waals surface area contributed by atoms with E-state index in [0.717, 1.165) is 19.5 Å². The monoisotopic (exact) mass is 200 g/mol. The fraction of sp³-hybridized carbons (Fsp3) is 0.900. The summed E-state index contributed by atoms with van der Waals surface area (Å²) >= 11 is 0. The third-order valence-electron chi connectivity index (χ3n) is 2.62. The van der Waals surface area contributed by atoms with Gasteiger partial charge in [0, 0.05) is 33.7 Å². The van der Waals surface area contributed by atoms with Crippen molar-refractivity contribution in [1.82, 2.24) is 10.0 Å². The van der Waals surface area contributed by atoms with Crippen LogP contribution in [0.2, 0.25) is 0 Å². The molecule has 0 radical (unpaired) electrons. The molecule has 0 aromatic rings. The van der Waals surface area contributed by atoms with E-state index in [4.69, 9.17) is 4.74 Å². The van der Waals surface area contributed by atoms with Crippen LogP contribution in [0.25, 0.3) is 0 Å². The third kappa shape index (κ3) is 2.69. The maximum Gasteiger partial charge on any atom is 0.236 e. The highest BCUT2D eigenvalue weighted by Gasteiger charge is 2.28. The summed E-state index contributed by atoms with van der Waals surface area (Å²) in [6.45, 7) is 5.61. The van der Waals surface area contributed by atoms with Crippen LogP contribution >= 0.6 is 0 Å². The van der Waals surface area contributed by atoms with Gasteiger partial charge in [0.25, 0.3) is 0 Å². The Morgan fingerprint density at radius 3 is 2.64 bits per heavy atom. The molecule has 0 aromatic heterocycles. The molecule has 0 bridgehead atoms. The Bertz CT molecular complexity index is 216. The molecule has 0 aromatic carbocycles. The van der Waals surface area contributed by atoms with E-state index in [1.807, 2.05) is 25.9 Å². The van der Waals surface area contributed by atoms with Gasteiger partial charge in [-0.15, -0.1) is 0 Å². The molecular weight excluding hydrogens is 180 g/mol. The van der Waals surface area contributed by atoms with Crippen LogP contribution in [0.4, 0.5) is 0 Å². The van der Waals surface area contributed by atoms with E-state index in [1.165, 1.54) is 0 Å². The first-order valence-corrected chi connectivity index (χ1v) is 5.03. The van der Waals surface area contributed by atoms with E-state index in [2.05, 4.69) is 0 Å². The summed E-state index contributed by atoms with van der Waals surface area (Å²) in [5.41, 5.74) is -0.211. The Morgan fingerprint density at radius 1 is 1.57 bits per heavy atom. The number of ether oxygens (including phenoxy) is 1. The van der Waals surface area contributed by atoms with Gasteiger partial charge in [-0.3, -0.25) is 9.80 Å². The summed E-state index contributed by atoms with van der Waals surface area (Å²) in [6, 6.07) is 0. The highest BCUT2D eigenvalue weighted by atomic mass is 16.5. The molecule has 1 amide bonds. The van der Waals surface area contributed by atoms with E-state index in [9.17, 15) is 4.79 Å². The van der Waals surface area contributed by atoms with E-state index >= 15 is 0 Å². The maximum atomic E-state index is 11.4. The Kier molecular flexibility index (Phi) is 3.50. The topological polar surface area (TPSA) is 32.8 Å². The minimum Gasteiger partial charge on any atom is -0.377 e. The molecule has 1 saturated heterocycles. The van der Waals surface area contributed by atoms with Gasteiger partial charge in [0.2, 0.25) is 5.91 Å². The van der Waals surface area contributed by atoms with Crippen LogP contribution < -0.4 is 0 Å². The van der Waals surface area contributed by atoms with E-state index in [0.29, 0.717) is 6.42 Å². The van der Waals surface area contributed by atoms with Gasteiger partial charge < -0.3 is 4.74 Å². The minimum absolute atomic E-state index is 0.211. The lowest BCUT2D eigenvalue weighted by Gasteiger charge is -2.34. The van der Waals surface area contributed by atoms with Crippen LogP contribution in [0, 0.1) is 0 Å². The highest BCUT2D eigenvalue weighted by Crippen LogP contribution is 2.15. The van der Waals surface area contributed by atoms with Gasteiger partial charge in [-0.2, -0.15) is 0 Å². The van der Waals surface area contributed by atoms with Gasteiger partial charge in [-0.05, 0) is 20.3 Å².